The van der Waals surface area contributed by atoms with Gasteiger partial charge in [-0.2, -0.15) is 0 Å². The monoisotopic (exact) mass is 285 g/mol. The van der Waals surface area contributed by atoms with Gasteiger partial charge in [-0.15, -0.1) is 0 Å². The van der Waals surface area contributed by atoms with Crippen molar-refractivity contribution < 1.29 is 4.79 Å². The Bertz CT molecular complexity index is 298. The molecule has 0 aliphatic carbocycles. The molecule has 0 unspecified atom stereocenters. The minimum atomic E-state index is -0.365. The van der Waals surface area contributed by atoms with E-state index in [9.17, 15) is 4.79 Å². The van der Waals surface area contributed by atoms with Gasteiger partial charge in [0.2, 0.25) is 5.91 Å². The van der Waals surface area contributed by atoms with Crippen LogP contribution in [-0.2, 0) is 4.79 Å². The predicted octanol–water partition coefficient (Wildman–Crippen LogP) is 2.25. The summed E-state index contributed by atoms with van der Waals surface area (Å²) >= 11 is 0. The summed E-state index contributed by atoms with van der Waals surface area (Å²) in [6.45, 7) is 17.4. The van der Waals surface area contributed by atoms with Crippen LogP contribution in [0.4, 0.5) is 0 Å². The van der Waals surface area contributed by atoms with E-state index in [-0.39, 0.29) is 16.9 Å². The van der Waals surface area contributed by atoms with Crippen molar-refractivity contribution in [1.29, 1.82) is 0 Å². The highest BCUT2D eigenvalue weighted by Gasteiger charge is 2.34. The zero-order chi connectivity index (χ0) is 16.0. The highest BCUT2D eigenvalue weighted by molar-refractivity contribution is 5.81. The largest absolute Gasteiger partial charge is 0.354 e. The summed E-state index contributed by atoms with van der Waals surface area (Å²) in [5.74, 6) is 0.139. The van der Waals surface area contributed by atoms with Crippen LogP contribution >= 0.6 is 0 Å². The van der Waals surface area contributed by atoms with E-state index < -0.39 is 0 Å². The molecule has 4 nitrogen and oxygen atoms in total. The standard InChI is InChI=1S/C16H35N3O/c1-9-19(8)11-10-17-14(20)15(4,5)12-16(6,7)18-13(2)3/h13,18H,9-12H2,1-8H3,(H,17,20). The molecule has 120 valence electrons. The minimum absolute atomic E-state index is 0.0464. The molecule has 0 rings (SSSR count). The lowest BCUT2D eigenvalue weighted by atomic mass is 9.79. The fourth-order valence-electron chi connectivity index (χ4n) is 2.78. The van der Waals surface area contributed by atoms with Crippen molar-refractivity contribution in [3.05, 3.63) is 0 Å². The Labute approximate surface area is 125 Å². The lowest BCUT2D eigenvalue weighted by molar-refractivity contribution is -0.130. The van der Waals surface area contributed by atoms with Crippen molar-refractivity contribution in [2.45, 2.75) is 66.5 Å². The van der Waals surface area contributed by atoms with Gasteiger partial charge < -0.3 is 15.5 Å². The third kappa shape index (κ3) is 7.85. The molecule has 0 aliphatic heterocycles. The first kappa shape index (κ1) is 19.4. The van der Waals surface area contributed by atoms with Crippen molar-refractivity contribution in [2.24, 2.45) is 5.41 Å². The molecular weight excluding hydrogens is 250 g/mol. The van der Waals surface area contributed by atoms with Gasteiger partial charge in [-0.05, 0) is 33.9 Å². The van der Waals surface area contributed by atoms with Crippen LogP contribution in [0.15, 0.2) is 0 Å². The van der Waals surface area contributed by atoms with Gasteiger partial charge in [-0.25, -0.2) is 0 Å². The zero-order valence-electron chi connectivity index (χ0n) is 14.8. The second-order valence-corrected chi connectivity index (χ2v) is 7.40. The van der Waals surface area contributed by atoms with E-state index in [1.54, 1.807) is 0 Å². The highest BCUT2D eigenvalue weighted by Crippen LogP contribution is 2.28. The Morgan fingerprint density at radius 3 is 2.20 bits per heavy atom. The second-order valence-electron chi connectivity index (χ2n) is 7.40. The number of carbonyl (C=O) groups is 1. The Balaban J connectivity index is 4.37. The van der Waals surface area contributed by atoms with Crippen LogP contribution in [0.25, 0.3) is 0 Å². The van der Waals surface area contributed by atoms with Crippen LogP contribution in [0.2, 0.25) is 0 Å². The molecular formula is C16H35N3O. The van der Waals surface area contributed by atoms with E-state index in [0.29, 0.717) is 12.6 Å². The quantitative estimate of drug-likeness (QED) is 0.683. The van der Waals surface area contributed by atoms with Crippen molar-refractivity contribution in [3.63, 3.8) is 0 Å². The number of nitrogens with one attached hydrogen (secondary N) is 2. The van der Waals surface area contributed by atoms with E-state index in [0.717, 1.165) is 19.5 Å². The molecule has 0 spiro atoms. The molecule has 20 heavy (non-hydrogen) atoms. The summed E-state index contributed by atoms with van der Waals surface area (Å²) in [5.41, 5.74) is -0.411. The average Bonchev–Trinajstić information content (AvgIpc) is 2.24. The van der Waals surface area contributed by atoms with E-state index in [4.69, 9.17) is 0 Å². The number of hydrogen-bond acceptors (Lipinski definition) is 3. The first-order chi connectivity index (χ1) is 9.00. The summed E-state index contributed by atoms with van der Waals surface area (Å²) in [4.78, 5) is 14.5. The van der Waals surface area contributed by atoms with Gasteiger partial charge in [0.15, 0.2) is 0 Å². The number of hydrogen-bond donors (Lipinski definition) is 2. The number of nitrogens with zero attached hydrogens (tertiary/aromatic N) is 1. The summed E-state index contributed by atoms with van der Waals surface area (Å²) in [5, 5.41) is 6.58. The fraction of sp³-hybridized carbons (Fsp3) is 0.938. The maximum Gasteiger partial charge on any atom is 0.225 e. The van der Waals surface area contributed by atoms with E-state index >= 15 is 0 Å². The van der Waals surface area contributed by atoms with E-state index in [2.05, 4.69) is 57.2 Å². The molecule has 4 heteroatoms. The summed E-state index contributed by atoms with van der Waals surface area (Å²) in [6, 6.07) is 0.419. The molecule has 0 fully saturated rings. The van der Waals surface area contributed by atoms with Gasteiger partial charge in [-0.1, -0.05) is 34.6 Å². The molecule has 0 aliphatic rings. The molecule has 0 saturated heterocycles. The summed E-state index contributed by atoms with van der Waals surface area (Å²) in [6.07, 6.45) is 0.813. The number of carbonyl (C=O) groups excluding carboxylic acids is 1. The molecule has 2 N–H and O–H groups in total. The first-order valence-electron chi connectivity index (χ1n) is 7.74. The van der Waals surface area contributed by atoms with Gasteiger partial charge in [0.25, 0.3) is 0 Å². The SMILES string of the molecule is CCN(C)CCNC(=O)C(C)(C)CC(C)(C)NC(C)C. The lowest BCUT2D eigenvalue weighted by Gasteiger charge is -2.36. The Hall–Kier alpha value is -0.610. The van der Waals surface area contributed by atoms with Crippen LogP contribution in [0.3, 0.4) is 0 Å². The van der Waals surface area contributed by atoms with Crippen molar-refractivity contribution in [1.82, 2.24) is 15.5 Å². The third-order valence-electron chi connectivity index (χ3n) is 3.50. The number of amides is 1. The van der Waals surface area contributed by atoms with Crippen molar-refractivity contribution in [3.8, 4) is 0 Å². The first-order valence-corrected chi connectivity index (χ1v) is 7.74. The lowest BCUT2D eigenvalue weighted by Crippen LogP contribution is -2.50. The van der Waals surface area contributed by atoms with Gasteiger partial charge in [-0.3, -0.25) is 4.79 Å². The zero-order valence-corrected chi connectivity index (χ0v) is 14.8. The van der Waals surface area contributed by atoms with Gasteiger partial charge >= 0.3 is 0 Å². The molecule has 0 aromatic heterocycles. The van der Waals surface area contributed by atoms with Crippen LogP contribution < -0.4 is 10.6 Å². The average molecular weight is 285 g/mol. The number of likely N-dealkylation sites (N-methyl/N-ethyl adjacent to an activating group) is 1. The maximum absolute atomic E-state index is 12.3. The molecule has 0 bridgehead atoms. The molecule has 0 saturated carbocycles. The highest BCUT2D eigenvalue weighted by atomic mass is 16.2. The van der Waals surface area contributed by atoms with Gasteiger partial charge in [0.1, 0.15) is 0 Å². The van der Waals surface area contributed by atoms with Gasteiger partial charge in [0, 0.05) is 30.1 Å². The second kappa shape index (κ2) is 7.99. The van der Waals surface area contributed by atoms with Crippen LogP contribution in [0.1, 0.15) is 54.9 Å². The molecule has 0 aromatic rings. The Morgan fingerprint density at radius 2 is 1.75 bits per heavy atom. The summed E-state index contributed by atoms with van der Waals surface area (Å²) in [7, 11) is 2.06. The maximum atomic E-state index is 12.3. The predicted molar refractivity (Wildman–Crippen MR) is 86.9 cm³/mol. The molecule has 0 aromatic carbocycles. The van der Waals surface area contributed by atoms with Crippen molar-refractivity contribution in [2.75, 3.05) is 26.7 Å². The van der Waals surface area contributed by atoms with Crippen molar-refractivity contribution >= 4 is 5.91 Å². The minimum Gasteiger partial charge on any atom is -0.354 e. The Kier molecular flexibility index (Phi) is 7.74. The van der Waals surface area contributed by atoms with Crippen LogP contribution in [-0.4, -0.2) is 49.1 Å². The number of rotatable bonds is 9. The fourth-order valence-corrected chi connectivity index (χ4v) is 2.78. The molecule has 0 radical (unpaired) electrons. The smallest absolute Gasteiger partial charge is 0.225 e. The topological polar surface area (TPSA) is 44.4 Å². The van der Waals surface area contributed by atoms with Crippen LogP contribution in [0, 0.1) is 5.41 Å². The normalized spacial score (nSPS) is 13.1. The molecule has 1 amide bonds. The molecule has 0 atom stereocenters. The Morgan fingerprint density at radius 1 is 1.20 bits per heavy atom. The van der Waals surface area contributed by atoms with Gasteiger partial charge in [0.05, 0.1) is 0 Å². The summed E-state index contributed by atoms with van der Waals surface area (Å²) < 4.78 is 0. The third-order valence-corrected chi connectivity index (χ3v) is 3.50. The molecule has 0 heterocycles. The van der Waals surface area contributed by atoms with E-state index in [1.807, 2.05) is 13.8 Å². The van der Waals surface area contributed by atoms with Crippen LogP contribution in [0.5, 0.6) is 0 Å². The van der Waals surface area contributed by atoms with E-state index in [1.165, 1.54) is 0 Å².